The summed E-state index contributed by atoms with van der Waals surface area (Å²) in [6.45, 7) is 1.73. The molecule has 88 valence electrons. The van der Waals surface area contributed by atoms with Crippen molar-refractivity contribution in [1.82, 2.24) is 15.0 Å². The van der Waals surface area contributed by atoms with Crippen LogP contribution in [0.25, 0.3) is 0 Å². The molecule has 2 fully saturated rings. The Morgan fingerprint density at radius 3 is 2.25 bits per heavy atom. The monoisotopic (exact) mass is 223 g/mol. The first-order chi connectivity index (χ1) is 7.95. The highest BCUT2D eigenvalue weighted by molar-refractivity contribution is 4.88. The average molecular weight is 223 g/mol. The van der Waals surface area contributed by atoms with Gasteiger partial charge in [-0.3, -0.25) is 0 Å². The van der Waals surface area contributed by atoms with Crippen molar-refractivity contribution in [2.75, 3.05) is 13.2 Å². The lowest BCUT2D eigenvalue weighted by Crippen LogP contribution is -2.34. The maximum absolute atomic E-state index is 5.78. The number of hydrogen-bond acceptors (Lipinski definition) is 4. The molecule has 0 amide bonds. The third-order valence-electron chi connectivity index (χ3n) is 3.44. The predicted octanol–water partition coefficient (Wildman–Crippen LogP) is 1.18. The van der Waals surface area contributed by atoms with Crippen LogP contribution in [0.3, 0.4) is 0 Å². The molecule has 2 aliphatic rings. The first-order valence-electron chi connectivity index (χ1n) is 6.04. The van der Waals surface area contributed by atoms with Gasteiger partial charge in [-0.05, 0) is 25.7 Å². The van der Waals surface area contributed by atoms with Gasteiger partial charge in [-0.15, -0.1) is 5.10 Å². The van der Waals surface area contributed by atoms with Crippen LogP contribution in [0.15, 0.2) is 12.4 Å². The van der Waals surface area contributed by atoms with Crippen molar-refractivity contribution in [2.24, 2.45) is 0 Å². The second-order valence-corrected chi connectivity index (χ2v) is 4.48. The Morgan fingerprint density at radius 2 is 1.81 bits per heavy atom. The van der Waals surface area contributed by atoms with E-state index in [2.05, 4.69) is 10.3 Å². The fraction of sp³-hybridized carbons (Fsp3) is 0.818. The molecule has 0 aliphatic carbocycles. The van der Waals surface area contributed by atoms with E-state index < -0.39 is 0 Å². The van der Waals surface area contributed by atoms with E-state index in [9.17, 15) is 0 Å². The van der Waals surface area contributed by atoms with Gasteiger partial charge in [0, 0.05) is 19.4 Å². The Hall–Kier alpha value is -0.940. The minimum absolute atomic E-state index is 0.201. The summed E-state index contributed by atoms with van der Waals surface area (Å²) in [7, 11) is 0. The van der Waals surface area contributed by atoms with Crippen LogP contribution in [-0.4, -0.2) is 40.4 Å². The second kappa shape index (κ2) is 4.51. The Kier molecular flexibility index (Phi) is 2.88. The number of ether oxygens (including phenoxy) is 2. The van der Waals surface area contributed by atoms with Crippen molar-refractivity contribution in [2.45, 2.75) is 43.9 Å². The first-order valence-corrected chi connectivity index (χ1v) is 6.04. The van der Waals surface area contributed by atoms with Gasteiger partial charge in [0.2, 0.25) is 0 Å². The maximum atomic E-state index is 5.78. The number of aromatic nitrogens is 3. The van der Waals surface area contributed by atoms with Crippen molar-refractivity contribution in [3.8, 4) is 0 Å². The van der Waals surface area contributed by atoms with E-state index in [1.165, 1.54) is 0 Å². The molecule has 0 bridgehead atoms. The van der Waals surface area contributed by atoms with E-state index in [1.807, 2.05) is 10.9 Å². The Labute approximate surface area is 94.7 Å². The zero-order chi connectivity index (χ0) is 10.8. The van der Waals surface area contributed by atoms with Gasteiger partial charge in [0.15, 0.2) is 0 Å². The van der Waals surface area contributed by atoms with Crippen LogP contribution in [0.2, 0.25) is 0 Å². The van der Waals surface area contributed by atoms with Crippen molar-refractivity contribution in [3.63, 3.8) is 0 Å². The third kappa shape index (κ3) is 1.85. The fourth-order valence-electron chi connectivity index (χ4n) is 2.70. The number of rotatable bonds is 3. The molecule has 1 aromatic rings. The summed E-state index contributed by atoms with van der Waals surface area (Å²) in [4.78, 5) is 0. The fourth-order valence-corrected chi connectivity index (χ4v) is 2.70. The zero-order valence-electron chi connectivity index (χ0n) is 9.29. The molecular formula is C11H17N3O2. The molecule has 2 saturated heterocycles. The predicted molar refractivity (Wildman–Crippen MR) is 57.0 cm³/mol. The highest BCUT2D eigenvalue weighted by atomic mass is 16.5. The molecule has 2 atom stereocenters. The summed E-state index contributed by atoms with van der Waals surface area (Å²) in [5.74, 6) is 0. The maximum Gasteiger partial charge on any atom is 0.106 e. The van der Waals surface area contributed by atoms with Gasteiger partial charge < -0.3 is 9.47 Å². The largest absolute Gasteiger partial charge is 0.376 e. The summed E-state index contributed by atoms with van der Waals surface area (Å²) in [5.41, 5.74) is 0. The topological polar surface area (TPSA) is 49.2 Å². The van der Waals surface area contributed by atoms with Gasteiger partial charge >= 0.3 is 0 Å². The van der Waals surface area contributed by atoms with Crippen LogP contribution in [-0.2, 0) is 9.47 Å². The van der Waals surface area contributed by atoms with Crippen LogP contribution in [0.4, 0.5) is 0 Å². The molecule has 3 rings (SSSR count). The van der Waals surface area contributed by atoms with Gasteiger partial charge in [0.25, 0.3) is 0 Å². The molecule has 0 aromatic carbocycles. The third-order valence-corrected chi connectivity index (χ3v) is 3.44. The summed E-state index contributed by atoms with van der Waals surface area (Å²) in [6, 6.07) is 0.201. The first kappa shape index (κ1) is 10.2. The summed E-state index contributed by atoms with van der Waals surface area (Å²) >= 11 is 0. The van der Waals surface area contributed by atoms with Gasteiger partial charge in [-0.1, -0.05) is 5.21 Å². The Balaban J connectivity index is 1.81. The number of nitrogens with zero attached hydrogens (tertiary/aromatic N) is 3. The lowest BCUT2D eigenvalue weighted by Gasteiger charge is -2.27. The molecule has 0 spiro atoms. The summed E-state index contributed by atoms with van der Waals surface area (Å²) < 4.78 is 13.5. The summed E-state index contributed by atoms with van der Waals surface area (Å²) in [6.07, 6.45) is 8.60. The van der Waals surface area contributed by atoms with Crippen molar-refractivity contribution in [3.05, 3.63) is 12.4 Å². The zero-order valence-corrected chi connectivity index (χ0v) is 9.29. The van der Waals surface area contributed by atoms with Crippen molar-refractivity contribution >= 4 is 0 Å². The molecule has 0 radical (unpaired) electrons. The van der Waals surface area contributed by atoms with Crippen molar-refractivity contribution < 1.29 is 9.47 Å². The molecule has 0 saturated carbocycles. The molecule has 1 aromatic heterocycles. The smallest absolute Gasteiger partial charge is 0.106 e. The Bertz CT molecular complexity index is 300. The van der Waals surface area contributed by atoms with Crippen LogP contribution < -0.4 is 0 Å². The Morgan fingerprint density at radius 1 is 1.12 bits per heavy atom. The summed E-state index contributed by atoms with van der Waals surface area (Å²) in [5, 5.41) is 8.00. The molecule has 0 N–H and O–H groups in total. The lowest BCUT2D eigenvalue weighted by molar-refractivity contribution is -0.0166. The molecule has 5 nitrogen and oxygen atoms in total. The van der Waals surface area contributed by atoms with Gasteiger partial charge in [0.1, 0.15) is 6.04 Å². The van der Waals surface area contributed by atoms with E-state index in [0.29, 0.717) is 0 Å². The van der Waals surface area contributed by atoms with Gasteiger partial charge in [0.05, 0.1) is 18.4 Å². The van der Waals surface area contributed by atoms with Gasteiger partial charge in [-0.2, -0.15) is 0 Å². The lowest BCUT2D eigenvalue weighted by atomic mass is 10.0. The minimum Gasteiger partial charge on any atom is -0.376 e. The normalized spacial score (nSPS) is 32.0. The van der Waals surface area contributed by atoms with E-state index in [4.69, 9.17) is 9.47 Å². The molecular weight excluding hydrogens is 206 g/mol. The van der Waals surface area contributed by atoms with E-state index in [-0.39, 0.29) is 18.2 Å². The molecule has 5 heteroatoms. The standard InChI is InChI=1S/C11H17N3O2/c1-3-9(15-7-1)11(10-4-2-8-16-10)14-6-5-12-13-14/h5-6,9-11H,1-4,7-8H2. The molecule has 2 aliphatic heterocycles. The van der Waals surface area contributed by atoms with Gasteiger partial charge in [-0.25, -0.2) is 4.68 Å². The molecule has 2 unspecified atom stereocenters. The van der Waals surface area contributed by atoms with Crippen LogP contribution in [0.5, 0.6) is 0 Å². The minimum atomic E-state index is 0.201. The van der Waals surface area contributed by atoms with Crippen LogP contribution in [0.1, 0.15) is 31.7 Å². The quantitative estimate of drug-likeness (QED) is 0.772. The van der Waals surface area contributed by atoms with E-state index >= 15 is 0 Å². The SMILES string of the molecule is c1cn(C(C2CCCO2)C2CCCO2)nn1. The van der Waals surface area contributed by atoms with Crippen LogP contribution >= 0.6 is 0 Å². The highest BCUT2D eigenvalue weighted by Gasteiger charge is 2.36. The van der Waals surface area contributed by atoms with Crippen LogP contribution in [0, 0.1) is 0 Å². The number of hydrogen-bond donors (Lipinski definition) is 0. The average Bonchev–Trinajstić information content (AvgIpc) is 3.02. The molecule has 16 heavy (non-hydrogen) atoms. The molecule has 3 heterocycles. The van der Waals surface area contributed by atoms with E-state index in [0.717, 1.165) is 38.9 Å². The second-order valence-electron chi connectivity index (χ2n) is 4.48. The van der Waals surface area contributed by atoms with Crippen molar-refractivity contribution in [1.29, 1.82) is 0 Å². The van der Waals surface area contributed by atoms with E-state index in [1.54, 1.807) is 6.20 Å². The highest BCUT2D eigenvalue weighted by Crippen LogP contribution is 2.32.